The van der Waals surface area contributed by atoms with Gasteiger partial charge in [-0.2, -0.15) is 0 Å². The zero-order valence-corrected chi connectivity index (χ0v) is 12.7. The molecule has 0 aromatic heterocycles. The number of halogens is 1. The van der Waals surface area contributed by atoms with E-state index in [4.69, 9.17) is 10.8 Å². The molecule has 0 aliphatic carbocycles. The molecule has 0 aliphatic heterocycles. The molecule has 5 nitrogen and oxygen atoms in total. The normalized spacial score (nSPS) is 13.6. The average molecular weight is 337 g/mol. The molecule has 1 rings (SSSR count). The van der Waals surface area contributed by atoms with E-state index in [1.165, 1.54) is 6.07 Å². The second kappa shape index (κ2) is 6.01. The summed E-state index contributed by atoms with van der Waals surface area (Å²) < 4.78 is 27.4. The lowest BCUT2D eigenvalue weighted by Gasteiger charge is -2.15. The van der Waals surface area contributed by atoms with Gasteiger partial charge in [0.25, 0.3) is 0 Å². The van der Waals surface area contributed by atoms with Crippen LogP contribution in [0.4, 0.5) is 5.69 Å². The molecule has 1 aromatic carbocycles. The van der Waals surface area contributed by atoms with Crippen LogP contribution in [0.2, 0.25) is 0 Å². The number of aliphatic hydroxyl groups is 1. The van der Waals surface area contributed by atoms with Crippen LogP contribution in [0.15, 0.2) is 21.5 Å². The van der Waals surface area contributed by atoms with Gasteiger partial charge >= 0.3 is 0 Å². The van der Waals surface area contributed by atoms with E-state index >= 15 is 0 Å². The topological polar surface area (TPSA) is 92.4 Å². The van der Waals surface area contributed by atoms with Crippen LogP contribution in [0.1, 0.15) is 18.9 Å². The summed E-state index contributed by atoms with van der Waals surface area (Å²) in [5.74, 6) is 0. The monoisotopic (exact) mass is 336 g/mol. The minimum atomic E-state index is -3.61. The van der Waals surface area contributed by atoms with Gasteiger partial charge in [0.1, 0.15) is 0 Å². The maximum Gasteiger partial charge on any atom is 0.241 e. The van der Waals surface area contributed by atoms with E-state index in [9.17, 15) is 8.42 Å². The maximum atomic E-state index is 12.1. The molecule has 0 heterocycles. The van der Waals surface area contributed by atoms with E-state index in [1.807, 2.05) is 0 Å². The Morgan fingerprint density at radius 1 is 1.50 bits per heavy atom. The summed E-state index contributed by atoms with van der Waals surface area (Å²) >= 11 is 3.25. The van der Waals surface area contributed by atoms with Crippen molar-refractivity contribution in [3.05, 3.63) is 22.2 Å². The number of hydrogen-bond acceptors (Lipinski definition) is 4. The van der Waals surface area contributed by atoms with Crippen LogP contribution in [-0.2, 0) is 10.0 Å². The first-order valence-electron chi connectivity index (χ1n) is 5.46. The van der Waals surface area contributed by atoms with E-state index in [1.54, 1.807) is 19.9 Å². The number of rotatable bonds is 5. The van der Waals surface area contributed by atoms with Crippen LogP contribution in [0.3, 0.4) is 0 Å². The molecule has 0 radical (unpaired) electrons. The van der Waals surface area contributed by atoms with Crippen molar-refractivity contribution >= 4 is 31.6 Å². The fraction of sp³-hybridized carbons (Fsp3) is 0.455. The average Bonchev–Trinajstić information content (AvgIpc) is 2.22. The highest BCUT2D eigenvalue weighted by Gasteiger charge is 2.20. The van der Waals surface area contributed by atoms with Crippen LogP contribution in [-0.4, -0.2) is 26.2 Å². The third-order valence-electron chi connectivity index (χ3n) is 2.50. The Labute approximate surface area is 116 Å². The fourth-order valence-corrected chi connectivity index (χ4v) is 3.54. The number of nitrogens with one attached hydrogen (secondary N) is 1. The van der Waals surface area contributed by atoms with Gasteiger partial charge in [0.2, 0.25) is 10.0 Å². The minimum Gasteiger partial charge on any atom is -0.398 e. The Hall–Kier alpha value is -0.630. The number of aliphatic hydroxyl groups excluding tert-OH is 1. The SMILES string of the molecule is Cc1cc(Br)c(N)cc1S(=O)(=O)NC(C)CCO. The molecule has 0 saturated heterocycles. The molecular weight excluding hydrogens is 320 g/mol. The molecule has 0 aliphatic rings. The highest BCUT2D eigenvalue weighted by Crippen LogP contribution is 2.26. The van der Waals surface area contributed by atoms with Crippen molar-refractivity contribution in [1.29, 1.82) is 0 Å². The molecule has 0 spiro atoms. The van der Waals surface area contributed by atoms with Gasteiger partial charge in [-0.15, -0.1) is 0 Å². The summed E-state index contributed by atoms with van der Waals surface area (Å²) in [6.07, 6.45) is 0.365. The van der Waals surface area contributed by atoms with Gasteiger partial charge in [-0.1, -0.05) is 0 Å². The molecular formula is C11H17BrN2O3S. The first kappa shape index (κ1) is 15.4. The van der Waals surface area contributed by atoms with Crippen molar-refractivity contribution in [3.63, 3.8) is 0 Å². The predicted molar refractivity (Wildman–Crippen MR) is 74.8 cm³/mol. The first-order chi connectivity index (χ1) is 8.27. The van der Waals surface area contributed by atoms with E-state index in [2.05, 4.69) is 20.7 Å². The minimum absolute atomic E-state index is 0.0643. The Bertz CT molecular complexity index is 531. The van der Waals surface area contributed by atoms with E-state index < -0.39 is 10.0 Å². The van der Waals surface area contributed by atoms with E-state index in [0.717, 1.165) is 0 Å². The van der Waals surface area contributed by atoms with Crippen molar-refractivity contribution in [1.82, 2.24) is 4.72 Å². The Morgan fingerprint density at radius 2 is 2.11 bits per heavy atom. The van der Waals surface area contributed by atoms with Crippen LogP contribution >= 0.6 is 15.9 Å². The number of anilines is 1. The van der Waals surface area contributed by atoms with Crippen molar-refractivity contribution in [2.75, 3.05) is 12.3 Å². The number of sulfonamides is 1. The van der Waals surface area contributed by atoms with Gasteiger partial charge in [0.15, 0.2) is 0 Å². The van der Waals surface area contributed by atoms with Crippen molar-refractivity contribution in [2.45, 2.75) is 31.2 Å². The van der Waals surface area contributed by atoms with Crippen LogP contribution < -0.4 is 10.5 Å². The third-order valence-corrected chi connectivity index (χ3v) is 4.92. The summed E-state index contributed by atoms with van der Waals surface area (Å²) in [5.41, 5.74) is 6.68. The number of aryl methyl sites for hydroxylation is 1. The van der Waals surface area contributed by atoms with Crippen LogP contribution in [0, 0.1) is 6.92 Å². The van der Waals surface area contributed by atoms with Gasteiger partial charge in [-0.3, -0.25) is 0 Å². The van der Waals surface area contributed by atoms with Crippen LogP contribution in [0.5, 0.6) is 0 Å². The Morgan fingerprint density at radius 3 is 2.67 bits per heavy atom. The summed E-state index contributed by atoms with van der Waals surface area (Å²) in [6, 6.07) is 2.76. The lowest BCUT2D eigenvalue weighted by Crippen LogP contribution is -2.33. The molecule has 18 heavy (non-hydrogen) atoms. The second-order valence-electron chi connectivity index (χ2n) is 4.17. The van der Waals surface area contributed by atoms with Gasteiger partial charge in [-0.05, 0) is 53.9 Å². The van der Waals surface area contributed by atoms with Gasteiger partial charge in [0, 0.05) is 22.8 Å². The zero-order valence-electron chi connectivity index (χ0n) is 10.3. The molecule has 1 aromatic rings. The molecule has 0 saturated carbocycles. The fourth-order valence-electron chi connectivity index (χ4n) is 1.54. The highest BCUT2D eigenvalue weighted by atomic mass is 79.9. The lowest BCUT2D eigenvalue weighted by atomic mass is 10.2. The molecule has 0 fully saturated rings. The number of nitrogen functional groups attached to an aromatic ring is 1. The molecule has 0 bridgehead atoms. The Kier molecular flexibility index (Phi) is 5.15. The smallest absolute Gasteiger partial charge is 0.241 e. The summed E-state index contributed by atoms with van der Waals surface area (Å²) in [6.45, 7) is 3.34. The highest BCUT2D eigenvalue weighted by molar-refractivity contribution is 9.10. The maximum absolute atomic E-state index is 12.1. The summed E-state index contributed by atoms with van der Waals surface area (Å²) in [5, 5.41) is 8.78. The van der Waals surface area contributed by atoms with E-state index in [-0.39, 0.29) is 17.5 Å². The molecule has 1 atom stereocenters. The molecule has 1 unspecified atom stereocenters. The van der Waals surface area contributed by atoms with E-state index in [0.29, 0.717) is 22.1 Å². The van der Waals surface area contributed by atoms with Crippen molar-refractivity contribution in [2.24, 2.45) is 0 Å². The first-order valence-corrected chi connectivity index (χ1v) is 7.74. The molecule has 7 heteroatoms. The molecule has 4 N–H and O–H groups in total. The van der Waals surface area contributed by atoms with Gasteiger partial charge in [-0.25, -0.2) is 13.1 Å². The number of hydrogen-bond donors (Lipinski definition) is 3. The third kappa shape index (κ3) is 3.68. The largest absolute Gasteiger partial charge is 0.398 e. The molecule has 0 amide bonds. The Balaban J connectivity index is 3.09. The quantitative estimate of drug-likeness (QED) is 0.708. The van der Waals surface area contributed by atoms with Gasteiger partial charge < -0.3 is 10.8 Å². The standard InChI is InChI=1S/C11H17BrN2O3S/c1-7-5-9(12)10(13)6-11(7)18(16,17)14-8(2)3-4-15/h5-6,8,14-15H,3-4,13H2,1-2H3. The van der Waals surface area contributed by atoms with Gasteiger partial charge in [0.05, 0.1) is 4.90 Å². The predicted octanol–water partition coefficient (Wildman–Crippen LogP) is 1.39. The van der Waals surface area contributed by atoms with Crippen LogP contribution in [0.25, 0.3) is 0 Å². The summed E-state index contributed by atoms with van der Waals surface area (Å²) in [4.78, 5) is 0.160. The molecule has 102 valence electrons. The van der Waals surface area contributed by atoms with Crippen molar-refractivity contribution in [3.8, 4) is 0 Å². The number of nitrogens with two attached hydrogens (primary N) is 1. The number of benzene rings is 1. The lowest BCUT2D eigenvalue weighted by molar-refractivity contribution is 0.275. The summed E-state index contributed by atoms with van der Waals surface area (Å²) in [7, 11) is -3.61. The zero-order chi connectivity index (χ0) is 13.9. The second-order valence-corrected chi connectivity index (χ2v) is 6.71. The van der Waals surface area contributed by atoms with Crippen molar-refractivity contribution < 1.29 is 13.5 Å².